The zero-order valence-corrected chi connectivity index (χ0v) is 15.1. The summed E-state index contributed by atoms with van der Waals surface area (Å²) in [6.45, 7) is 4.54. The predicted octanol–water partition coefficient (Wildman–Crippen LogP) is 3.53. The fourth-order valence-electron chi connectivity index (χ4n) is 2.54. The van der Waals surface area contributed by atoms with Crippen molar-refractivity contribution in [1.29, 1.82) is 0 Å². The number of para-hydroxylation sites is 1. The first-order valence-corrected chi connectivity index (χ1v) is 8.94. The first kappa shape index (κ1) is 21.3. The lowest BCUT2D eigenvalue weighted by atomic mass is 10.2. The second kappa shape index (κ2) is 12.6. The average Bonchev–Trinajstić information content (AvgIpc) is 2.85. The number of carbonyl (C=O) groups is 2. The van der Waals surface area contributed by atoms with E-state index in [1.807, 2.05) is 24.3 Å². The Kier molecular flexibility index (Phi) is 10.7. The van der Waals surface area contributed by atoms with Gasteiger partial charge in [0.05, 0.1) is 11.6 Å². The number of unbranched alkanes of at least 4 members (excludes halogenated alkanes) is 1. The molecule has 0 saturated carbocycles. The Bertz CT molecular complexity index is 518. The molecule has 0 spiro atoms. The number of benzene rings is 1. The van der Waals surface area contributed by atoms with Crippen LogP contribution in [-0.2, 0) is 9.59 Å². The molecule has 0 aromatic heterocycles. The van der Waals surface area contributed by atoms with Gasteiger partial charge < -0.3 is 19.8 Å². The third-order valence-electron chi connectivity index (χ3n) is 3.84. The molecule has 2 N–H and O–H groups in total. The lowest BCUT2D eigenvalue weighted by Gasteiger charge is -2.19. The molecule has 7 heteroatoms. The van der Waals surface area contributed by atoms with Crippen LogP contribution < -0.4 is 4.74 Å². The summed E-state index contributed by atoms with van der Waals surface area (Å²) in [5.74, 6) is -2.84. The Morgan fingerprint density at radius 2 is 1.60 bits per heavy atom. The Balaban J connectivity index is 0.000000450. The van der Waals surface area contributed by atoms with E-state index in [-0.39, 0.29) is 0 Å². The van der Waals surface area contributed by atoms with Gasteiger partial charge in [0.1, 0.15) is 5.75 Å². The summed E-state index contributed by atoms with van der Waals surface area (Å²) in [5.41, 5.74) is 0. The molecule has 2 rings (SSSR count). The van der Waals surface area contributed by atoms with Crippen molar-refractivity contribution in [3.8, 4) is 5.75 Å². The van der Waals surface area contributed by atoms with Gasteiger partial charge in [0.2, 0.25) is 0 Å². The summed E-state index contributed by atoms with van der Waals surface area (Å²) in [7, 11) is 0. The van der Waals surface area contributed by atoms with Crippen LogP contribution in [0, 0.1) is 0 Å². The van der Waals surface area contributed by atoms with Gasteiger partial charge in [-0.05, 0) is 57.5 Å². The van der Waals surface area contributed by atoms with Crippen LogP contribution in [0.15, 0.2) is 24.3 Å². The van der Waals surface area contributed by atoms with Crippen molar-refractivity contribution in [1.82, 2.24) is 4.90 Å². The van der Waals surface area contributed by atoms with Gasteiger partial charge in [-0.15, -0.1) is 0 Å². The van der Waals surface area contributed by atoms with Gasteiger partial charge in [-0.3, -0.25) is 0 Å². The second-order valence-corrected chi connectivity index (χ2v) is 6.26. The number of ether oxygens (including phenoxy) is 1. The number of halogens is 1. The smallest absolute Gasteiger partial charge is 0.414 e. The Hall–Kier alpha value is -1.79. The molecule has 1 aliphatic rings. The van der Waals surface area contributed by atoms with Crippen LogP contribution in [0.25, 0.3) is 0 Å². The van der Waals surface area contributed by atoms with E-state index in [2.05, 4.69) is 4.90 Å². The molecule has 1 aliphatic heterocycles. The number of hydrogen-bond donors (Lipinski definition) is 2. The molecule has 1 heterocycles. The molecular formula is C18H26ClNO5. The van der Waals surface area contributed by atoms with Gasteiger partial charge >= 0.3 is 11.9 Å². The minimum atomic E-state index is -1.82. The standard InChI is InChI=1S/C16H24ClNO.C2H2O4/c17-15-9-3-4-10-16(15)19-14-8-7-13-18-11-5-1-2-6-12-18;3-1(4)2(5)6/h3-4,9-10H,1-2,5-8,11-14H2;(H,3,4)(H,5,6). The van der Waals surface area contributed by atoms with E-state index in [0.717, 1.165) is 18.8 Å². The van der Waals surface area contributed by atoms with E-state index >= 15 is 0 Å². The van der Waals surface area contributed by atoms with Crippen LogP contribution >= 0.6 is 11.6 Å². The van der Waals surface area contributed by atoms with E-state index < -0.39 is 11.9 Å². The first-order chi connectivity index (χ1) is 12.0. The van der Waals surface area contributed by atoms with Crippen LogP contribution in [0.4, 0.5) is 0 Å². The highest BCUT2D eigenvalue weighted by molar-refractivity contribution is 6.32. The molecule has 140 valence electrons. The van der Waals surface area contributed by atoms with Gasteiger partial charge in [-0.1, -0.05) is 36.6 Å². The number of carboxylic acid groups (broad SMARTS) is 2. The Labute approximate surface area is 153 Å². The third-order valence-corrected chi connectivity index (χ3v) is 4.16. The molecule has 0 radical (unpaired) electrons. The molecule has 0 atom stereocenters. The quantitative estimate of drug-likeness (QED) is 0.587. The van der Waals surface area contributed by atoms with Gasteiger partial charge in [0, 0.05) is 0 Å². The first-order valence-electron chi connectivity index (χ1n) is 8.56. The third kappa shape index (κ3) is 9.94. The summed E-state index contributed by atoms with van der Waals surface area (Å²) < 4.78 is 5.70. The lowest BCUT2D eigenvalue weighted by molar-refractivity contribution is -0.159. The predicted molar refractivity (Wildman–Crippen MR) is 96.4 cm³/mol. The highest BCUT2D eigenvalue weighted by atomic mass is 35.5. The summed E-state index contributed by atoms with van der Waals surface area (Å²) >= 11 is 6.04. The van der Waals surface area contributed by atoms with Crippen molar-refractivity contribution in [3.63, 3.8) is 0 Å². The lowest BCUT2D eigenvalue weighted by Crippen LogP contribution is -2.25. The van der Waals surface area contributed by atoms with E-state index in [9.17, 15) is 0 Å². The number of nitrogens with zero attached hydrogens (tertiary/aromatic N) is 1. The monoisotopic (exact) mass is 371 g/mol. The summed E-state index contributed by atoms with van der Waals surface area (Å²) in [6, 6.07) is 7.68. The molecule has 0 amide bonds. The number of carboxylic acids is 2. The van der Waals surface area contributed by atoms with Crippen molar-refractivity contribution < 1.29 is 24.5 Å². The maximum absolute atomic E-state index is 9.10. The highest BCUT2D eigenvalue weighted by Gasteiger charge is 2.08. The molecule has 1 aromatic carbocycles. The van der Waals surface area contributed by atoms with Gasteiger partial charge in [-0.25, -0.2) is 9.59 Å². The molecule has 0 bridgehead atoms. The molecule has 0 unspecified atom stereocenters. The van der Waals surface area contributed by atoms with Crippen molar-refractivity contribution >= 4 is 23.5 Å². The van der Waals surface area contributed by atoms with E-state index in [4.69, 9.17) is 36.1 Å². The molecule has 1 fully saturated rings. The van der Waals surface area contributed by atoms with Crippen molar-refractivity contribution in [2.24, 2.45) is 0 Å². The minimum absolute atomic E-state index is 0.704. The largest absolute Gasteiger partial charge is 0.492 e. The van der Waals surface area contributed by atoms with Gasteiger partial charge in [0.15, 0.2) is 0 Å². The van der Waals surface area contributed by atoms with Crippen LogP contribution in [-0.4, -0.2) is 53.3 Å². The zero-order chi connectivity index (χ0) is 18.5. The molecule has 25 heavy (non-hydrogen) atoms. The maximum Gasteiger partial charge on any atom is 0.414 e. The van der Waals surface area contributed by atoms with Gasteiger partial charge in [0.25, 0.3) is 0 Å². The normalized spacial score (nSPS) is 14.8. The molecule has 1 aromatic rings. The van der Waals surface area contributed by atoms with E-state index in [1.165, 1.54) is 51.7 Å². The second-order valence-electron chi connectivity index (χ2n) is 5.85. The summed E-state index contributed by atoms with van der Waals surface area (Å²) in [4.78, 5) is 20.8. The van der Waals surface area contributed by atoms with E-state index in [0.29, 0.717) is 5.02 Å². The Morgan fingerprint density at radius 3 is 2.16 bits per heavy atom. The van der Waals surface area contributed by atoms with Crippen molar-refractivity contribution in [2.45, 2.75) is 38.5 Å². The van der Waals surface area contributed by atoms with Crippen molar-refractivity contribution in [3.05, 3.63) is 29.3 Å². The molecule has 1 saturated heterocycles. The zero-order valence-electron chi connectivity index (χ0n) is 14.3. The summed E-state index contributed by atoms with van der Waals surface area (Å²) in [6.07, 6.45) is 7.87. The number of likely N-dealkylation sites (tertiary alicyclic amines) is 1. The minimum Gasteiger partial charge on any atom is -0.492 e. The SMILES string of the molecule is Clc1ccccc1OCCCCN1CCCCCC1.O=C(O)C(=O)O. The number of hydrogen-bond acceptors (Lipinski definition) is 4. The fourth-order valence-corrected chi connectivity index (χ4v) is 2.73. The molecular weight excluding hydrogens is 346 g/mol. The van der Waals surface area contributed by atoms with Crippen LogP contribution in [0.3, 0.4) is 0 Å². The average molecular weight is 372 g/mol. The van der Waals surface area contributed by atoms with Crippen LogP contribution in [0.1, 0.15) is 38.5 Å². The number of rotatable bonds is 6. The van der Waals surface area contributed by atoms with Crippen LogP contribution in [0.2, 0.25) is 5.02 Å². The fraction of sp³-hybridized carbons (Fsp3) is 0.556. The maximum atomic E-state index is 9.10. The number of aliphatic carboxylic acids is 2. The van der Waals surface area contributed by atoms with Crippen LogP contribution in [0.5, 0.6) is 5.75 Å². The molecule has 6 nitrogen and oxygen atoms in total. The van der Waals surface area contributed by atoms with E-state index in [1.54, 1.807) is 0 Å². The Morgan fingerprint density at radius 1 is 1.00 bits per heavy atom. The highest BCUT2D eigenvalue weighted by Crippen LogP contribution is 2.23. The van der Waals surface area contributed by atoms with Crippen molar-refractivity contribution in [2.75, 3.05) is 26.2 Å². The molecule has 0 aliphatic carbocycles. The summed E-state index contributed by atoms with van der Waals surface area (Å²) in [5, 5.41) is 15.5. The van der Waals surface area contributed by atoms with Gasteiger partial charge in [-0.2, -0.15) is 0 Å². The topological polar surface area (TPSA) is 87.1 Å².